The predicted molar refractivity (Wildman–Crippen MR) is 122 cm³/mol. The molecular weight excluding hydrogens is 434 g/mol. The van der Waals surface area contributed by atoms with E-state index in [0.717, 1.165) is 53.9 Å². The number of hydrogen-bond donors (Lipinski definition) is 2. The van der Waals surface area contributed by atoms with Crippen molar-refractivity contribution in [1.29, 1.82) is 0 Å². The minimum atomic E-state index is -0.0162. The highest BCUT2D eigenvalue weighted by atomic mass is 35.5. The van der Waals surface area contributed by atoms with E-state index < -0.39 is 0 Å². The Balaban J connectivity index is 1.30. The molecule has 1 saturated heterocycles. The maximum atomic E-state index is 12.3. The third kappa shape index (κ3) is 4.25. The first kappa shape index (κ1) is 19.9. The second-order valence-electron chi connectivity index (χ2n) is 7.31. The number of benzene rings is 1. The number of aromatic amines is 2. The van der Waals surface area contributed by atoms with Gasteiger partial charge in [0.15, 0.2) is 5.65 Å². The first-order valence-electron chi connectivity index (χ1n) is 9.99. The second-order valence-corrected chi connectivity index (χ2v) is 8.63. The van der Waals surface area contributed by atoms with Gasteiger partial charge in [0.2, 0.25) is 0 Å². The maximum Gasteiger partial charge on any atom is 0.338 e. The molecule has 0 bridgehead atoms. The summed E-state index contributed by atoms with van der Waals surface area (Å²) in [4.78, 5) is 32.1. The number of fused-ring (bicyclic) bond motifs is 1. The number of nitrogens with zero attached hydrogens (tertiary/aromatic N) is 4. The standard InChI is InChI=1S/C21H20ClN7OS/c22-15-12-24-20-17(26-19(27-20)14-4-2-1-3-5-14)18(15)29-9-7-28(8-10-29)13-16(30)25-21-23-6-11-31-21/h1-6,11-12H,7-10,13H2,(H,23,25,30)(H,24,26,27)/p+1. The number of imidazole rings is 1. The number of aromatic nitrogens is 4. The van der Waals surface area contributed by atoms with Gasteiger partial charge in [0.1, 0.15) is 17.9 Å². The Morgan fingerprint density at radius 3 is 2.77 bits per heavy atom. The van der Waals surface area contributed by atoms with Gasteiger partial charge in [-0.1, -0.05) is 53.3 Å². The number of hydrogen-bond acceptors (Lipinski definition) is 6. The lowest BCUT2D eigenvalue weighted by Crippen LogP contribution is -2.49. The molecule has 1 fully saturated rings. The van der Waals surface area contributed by atoms with Gasteiger partial charge in [0, 0.05) is 37.1 Å². The number of carbonyl (C=O) groups is 1. The van der Waals surface area contributed by atoms with Crippen molar-refractivity contribution in [3.05, 3.63) is 53.1 Å². The zero-order valence-corrected chi connectivity index (χ0v) is 18.2. The molecule has 5 rings (SSSR count). The van der Waals surface area contributed by atoms with Crippen molar-refractivity contribution in [3.63, 3.8) is 0 Å². The lowest BCUT2D eigenvalue weighted by molar-refractivity contribution is -0.354. The molecule has 0 radical (unpaired) electrons. The van der Waals surface area contributed by atoms with E-state index in [4.69, 9.17) is 11.6 Å². The molecular formula is C21H21ClN7OS+. The Kier molecular flexibility index (Phi) is 5.54. The average molecular weight is 455 g/mol. The van der Waals surface area contributed by atoms with E-state index in [9.17, 15) is 4.79 Å². The van der Waals surface area contributed by atoms with Gasteiger partial charge in [-0.05, 0) is 0 Å². The summed E-state index contributed by atoms with van der Waals surface area (Å²) >= 11 is 8.03. The smallest absolute Gasteiger partial charge is 0.338 e. The molecule has 158 valence electrons. The number of H-pyrrole nitrogens is 2. The average Bonchev–Trinajstić information content (AvgIpc) is 3.45. The van der Waals surface area contributed by atoms with Crippen molar-refractivity contribution in [1.82, 2.24) is 19.9 Å². The van der Waals surface area contributed by atoms with Crippen molar-refractivity contribution < 1.29 is 9.78 Å². The number of piperazine rings is 1. The van der Waals surface area contributed by atoms with Crippen molar-refractivity contribution in [2.24, 2.45) is 0 Å². The number of carbonyl (C=O) groups excluding carboxylic acids is 1. The molecule has 0 saturated carbocycles. The van der Waals surface area contributed by atoms with Gasteiger partial charge >= 0.3 is 11.0 Å². The van der Waals surface area contributed by atoms with Crippen molar-refractivity contribution in [2.45, 2.75) is 0 Å². The van der Waals surface area contributed by atoms with Crippen LogP contribution in [-0.2, 0) is 4.79 Å². The van der Waals surface area contributed by atoms with Crippen LogP contribution in [0.25, 0.3) is 22.6 Å². The Hall–Kier alpha value is -3.01. The van der Waals surface area contributed by atoms with E-state index in [1.165, 1.54) is 11.3 Å². The number of anilines is 2. The fraction of sp³-hybridized carbons (Fsp3) is 0.238. The number of rotatable bonds is 5. The van der Waals surface area contributed by atoms with Crippen molar-refractivity contribution >= 4 is 50.8 Å². The lowest BCUT2D eigenvalue weighted by atomic mass is 10.2. The quantitative estimate of drug-likeness (QED) is 0.484. The summed E-state index contributed by atoms with van der Waals surface area (Å²) in [6, 6.07) is 9.96. The molecule has 1 amide bonds. The van der Waals surface area contributed by atoms with E-state index >= 15 is 0 Å². The molecule has 3 aromatic heterocycles. The number of halogens is 1. The predicted octanol–water partition coefficient (Wildman–Crippen LogP) is 2.91. The van der Waals surface area contributed by atoms with Gasteiger partial charge in [0.05, 0.1) is 23.1 Å². The van der Waals surface area contributed by atoms with Crippen LogP contribution in [0.4, 0.5) is 10.8 Å². The third-order valence-corrected chi connectivity index (χ3v) is 6.28. The van der Waals surface area contributed by atoms with Crippen LogP contribution in [0.2, 0.25) is 5.02 Å². The monoisotopic (exact) mass is 454 g/mol. The lowest BCUT2D eigenvalue weighted by Gasteiger charge is -2.35. The summed E-state index contributed by atoms with van der Waals surface area (Å²) in [6.45, 7) is 3.41. The fourth-order valence-corrected chi connectivity index (χ4v) is 4.62. The highest BCUT2D eigenvalue weighted by Gasteiger charge is 2.25. The zero-order valence-electron chi connectivity index (χ0n) is 16.6. The molecule has 0 unspecified atom stereocenters. The van der Waals surface area contributed by atoms with E-state index in [-0.39, 0.29) is 5.91 Å². The van der Waals surface area contributed by atoms with E-state index in [1.54, 1.807) is 12.4 Å². The summed E-state index contributed by atoms with van der Waals surface area (Å²) in [5.74, 6) is 0.755. The summed E-state index contributed by atoms with van der Waals surface area (Å²) < 4.78 is 0. The van der Waals surface area contributed by atoms with E-state index in [2.05, 4.69) is 35.1 Å². The first-order chi connectivity index (χ1) is 15.2. The molecule has 0 spiro atoms. The Morgan fingerprint density at radius 2 is 2.03 bits per heavy atom. The van der Waals surface area contributed by atoms with Crippen LogP contribution in [0.15, 0.2) is 48.1 Å². The van der Waals surface area contributed by atoms with Gasteiger partial charge < -0.3 is 9.88 Å². The SMILES string of the molecule is O=C(CN1CCN(c2c(Cl)cnc3nc(-c4ccccc4)[nH]c23)CC1)Nc1[nH+]ccs1. The van der Waals surface area contributed by atoms with Crippen LogP contribution >= 0.6 is 22.9 Å². The van der Waals surface area contributed by atoms with Crippen LogP contribution in [0.5, 0.6) is 0 Å². The fourth-order valence-electron chi connectivity index (χ4n) is 3.77. The number of nitrogens with one attached hydrogen (secondary N) is 3. The highest BCUT2D eigenvalue weighted by molar-refractivity contribution is 7.13. The molecule has 10 heteroatoms. The Labute approximate surface area is 187 Å². The molecule has 1 aliphatic rings. The molecule has 4 heterocycles. The zero-order chi connectivity index (χ0) is 21.2. The van der Waals surface area contributed by atoms with Crippen LogP contribution < -0.4 is 15.2 Å². The molecule has 0 atom stereocenters. The molecule has 31 heavy (non-hydrogen) atoms. The molecule has 1 aromatic carbocycles. The summed E-state index contributed by atoms with van der Waals surface area (Å²) in [6.07, 6.45) is 3.46. The first-order valence-corrected chi connectivity index (χ1v) is 11.2. The number of pyridine rings is 1. The van der Waals surface area contributed by atoms with Crippen molar-refractivity contribution in [3.8, 4) is 11.4 Å². The van der Waals surface area contributed by atoms with Crippen LogP contribution in [-0.4, -0.2) is 58.5 Å². The highest BCUT2D eigenvalue weighted by Crippen LogP contribution is 2.34. The van der Waals surface area contributed by atoms with Gasteiger partial charge in [-0.25, -0.2) is 19.7 Å². The van der Waals surface area contributed by atoms with Crippen LogP contribution in [0.1, 0.15) is 0 Å². The van der Waals surface area contributed by atoms with Gasteiger partial charge in [-0.15, -0.1) is 0 Å². The molecule has 3 N–H and O–H groups in total. The van der Waals surface area contributed by atoms with Crippen LogP contribution in [0.3, 0.4) is 0 Å². The van der Waals surface area contributed by atoms with Crippen molar-refractivity contribution in [2.75, 3.05) is 42.9 Å². The summed E-state index contributed by atoms with van der Waals surface area (Å²) in [7, 11) is 0. The molecule has 8 nitrogen and oxygen atoms in total. The Morgan fingerprint density at radius 1 is 1.23 bits per heavy atom. The Bertz CT molecular complexity index is 1190. The largest absolute Gasteiger partial charge is 0.366 e. The van der Waals surface area contributed by atoms with Crippen LogP contribution in [0, 0.1) is 0 Å². The summed E-state index contributed by atoms with van der Waals surface area (Å²) in [5.41, 5.74) is 3.40. The van der Waals surface area contributed by atoms with Gasteiger partial charge in [0.25, 0.3) is 0 Å². The summed E-state index contributed by atoms with van der Waals surface area (Å²) in [5, 5.41) is 6.13. The third-order valence-electron chi connectivity index (χ3n) is 5.27. The normalized spacial score (nSPS) is 14.8. The molecule has 1 aliphatic heterocycles. The minimum absolute atomic E-state index is 0.0162. The van der Waals surface area contributed by atoms with E-state index in [1.807, 2.05) is 35.7 Å². The van der Waals surface area contributed by atoms with Gasteiger partial charge in [-0.3, -0.25) is 4.90 Å². The number of thiazole rings is 1. The molecule has 4 aromatic rings. The molecule has 0 aliphatic carbocycles. The maximum absolute atomic E-state index is 12.3. The van der Waals surface area contributed by atoms with Gasteiger partial charge in [-0.2, -0.15) is 5.32 Å². The minimum Gasteiger partial charge on any atom is -0.366 e. The number of amides is 1. The topological polar surface area (TPSA) is 91.3 Å². The van der Waals surface area contributed by atoms with E-state index in [0.29, 0.717) is 17.2 Å². The second kappa shape index (κ2) is 8.62.